The third-order valence-electron chi connectivity index (χ3n) is 2.29. The van der Waals surface area contributed by atoms with Crippen molar-refractivity contribution >= 4 is 21.4 Å². The molecule has 7 heteroatoms. The molecular formula is C10H13N3O2S2. The van der Waals surface area contributed by atoms with E-state index in [1.807, 2.05) is 12.1 Å². The summed E-state index contributed by atoms with van der Waals surface area (Å²) < 4.78 is 26.1. The largest absolute Gasteiger partial charge is 0.284 e. The lowest BCUT2D eigenvalue weighted by molar-refractivity contribution is 0.582. The number of aromatic nitrogens is 2. The second kappa shape index (κ2) is 4.99. The van der Waals surface area contributed by atoms with Crippen molar-refractivity contribution in [3.8, 4) is 0 Å². The van der Waals surface area contributed by atoms with E-state index in [1.165, 1.54) is 17.3 Å². The van der Waals surface area contributed by atoms with E-state index in [2.05, 4.69) is 21.8 Å². The van der Waals surface area contributed by atoms with E-state index in [0.29, 0.717) is 6.54 Å². The molecule has 0 radical (unpaired) electrons. The molecule has 0 amide bonds. The smallest absolute Gasteiger partial charge is 0.244 e. The van der Waals surface area contributed by atoms with Crippen LogP contribution in [0.1, 0.15) is 16.7 Å². The number of hydrogen-bond acceptors (Lipinski definition) is 4. The molecule has 17 heavy (non-hydrogen) atoms. The van der Waals surface area contributed by atoms with Gasteiger partial charge in [0.2, 0.25) is 10.0 Å². The SMILES string of the molecule is CCc1ccc(CNS(=O)(=O)c2cn[nH]c2)s1. The molecule has 2 aromatic heterocycles. The van der Waals surface area contributed by atoms with Gasteiger partial charge in [-0.2, -0.15) is 5.10 Å². The van der Waals surface area contributed by atoms with Gasteiger partial charge in [-0.05, 0) is 18.6 Å². The number of nitrogens with zero attached hydrogens (tertiary/aromatic N) is 1. The predicted molar refractivity (Wildman–Crippen MR) is 66.3 cm³/mol. The van der Waals surface area contributed by atoms with Crippen LogP contribution in [-0.2, 0) is 23.0 Å². The summed E-state index contributed by atoms with van der Waals surface area (Å²) in [5, 5.41) is 6.10. The molecule has 0 aromatic carbocycles. The third kappa shape index (κ3) is 2.93. The number of nitrogens with one attached hydrogen (secondary N) is 2. The molecule has 2 aromatic rings. The van der Waals surface area contributed by atoms with Crippen LogP contribution in [0.5, 0.6) is 0 Å². The van der Waals surface area contributed by atoms with Crippen molar-refractivity contribution in [3.05, 3.63) is 34.3 Å². The Labute approximate surface area is 104 Å². The van der Waals surface area contributed by atoms with Crippen molar-refractivity contribution in [2.24, 2.45) is 0 Å². The first-order chi connectivity index (χ1) is 8.12. The van der Waals surface area contributed by atoms with Crippen molar-refractivity contribution in [1.29, 1.82) is 0 Å². The maximum Gasteiger partial charge on any atom is 0.244 e. The lowest BCUT2D eigenvalue weighted by Crippen LogP contribution is -2.22. The average Bonchev–Trinajstić information content (AvgIpc) is 2.98. The Morgan fingerprint density at radius 2 is 2.18 bits per heavy atom. The van der Waals surface area contributed by atoms with Gasteiger partial charge in [0.15, 0.2) is 0 Å². The predicted octanol–water partition coefficient (Wildman–Crippen LogP) is 1.51. The molecule has 0 aliphatic carbocycles. The number of thiophene rings is 1. The zero-order valence-corrected chi connectivity index (χ0v) is 10.9. The number of H-pyrrole nitrogens is 1. The van der Waals surface area contributed by atoms with Crippen LogP contribution >= 0.6 is 11.3 Å². The van der Waals surface area contributed by atoms with Gasteiger partial charge in [-0.15, -0.1) is 11.3 Å². The average molecular weight is 271 g/mol. The molecule has 5 nitrogen and oxygen atoms in total. The van der Waals surface area contributed by atoms with E-state index in [4.69, 9.17) is 0 Å². The summed E-state index contributed by atoms with van der Waals surface area (Å²) in [7, 11) is -3.45. The number of aromatic amines is 1. The molecule has 92 valence electrons. The fourth-order valence-electron chi connectivity index (χ4n) is 1.34. The summed E-state index contributed by atoms with van der Waals surface area (Å²) >= 11 is 1.62. The minimum atomic E-state index is -3.45. The summed E-state index contributed by atoms with van der Waals surface area (Å²) in [5.41, 5.74) is 0. The highest BCUT2D eigenvalue weighted by Gasteiger charge is 2.14. The maximum atomic E-state index is 11.8. The second-order valence-electron chi connectivity index (χ2n) is 3.48. The first-order valence-corrected chi connectivity index (χ1v) is 7.48. The molecule has 2 N–H and O–H groups in total. The van der Waals surface area contributed by atoms with Gasteiger partial charge < -0.3 is 0 Å². The van der Waals surface area contributed by atoms with E-state index in [-0.39, 0.29) is 4.90 Å². The van der Waals surface area contributed by atoms with Gasteiger partial charge in [0.05, 0.1) is 6.20 Å². The zero-order valence-electron chi connectivity index (χ0n) is 9.30. The van der Waals surface area contributed by atoms with Crippen LogP contribution in [0.2, 0.25) is 0 Å². The van der Waals surface area contributed by atoms with Gasteiger partial charge in [-0.1, -0.05) is 6.92 Å². The fourth-order valence-corrected chi connectivity index (χ4v) is 3.24. The van der Waals surface area contributed by atoms with Crippen LogP contribution < -0.4 is 4.72 Å². The van der Waals surface area contributed by atoms with Gasteiger partial charge in [-0.3, -0.25) is 5.10 Å². The molecule has 0 unspecified atom stereocenters. The molecule has 0 aliphatic heterocycles. The highest BCUT2D eigenvalue weighted by Crippen LogP contribution is 2.17. The standard InChI is InChI=1S/C10H13N3O2S2/c1-2-8-3-4-9(16-8)5-13-17(14,15)10-6-11-12-7-10/h3-4,6-7,13H,2,5H2,1H3,(H,11,12). The fraction of sp³-hybridized carbons (Fsp3) is 0.300. The Balaban J connectivity index is 2.03. The Morgan fingerprint density at radius 3 is 2.76 bits per heavy atom. The Bertz CT molecular complexity index is 572. The monoisotopic (exact) mass is 271 g/mol. The lowest BCUT2D eigenvalue weighted by atomic mass is 10.4. The van der Waals surface area contributed by atoms with Gasteiger partial charge in [0.1, 0.15) is 4.90 Å². The van der Waals surface area contributed by atoms with Crippen LogP contribution in [0.4, 0.5) is 0 Å². The number of sulfonamides is 1. The molecule has 0 saturated carbocycles. The lowest BCUT2D eigenvalue weighted by Gasteiger charge is -2.02. The quantitative estimate of drug-likeness (QED) is 0.865. The van der Waals surface area contributed by atoms with Crippen molar-refractivity contribution in [2.45, 2.75) is 24.8 Å². The van der Waals surface area contributed by atoms with Crippen LogP contribution in [0, 0.1) is 0 Å². The van der Waals surface area contributed by atoms with E-state index < -0.39 is 10.0 Å². The summed E-state index contributed by atoms with van der Waals surface area (Å²) in [4.78, 5) is 2.42. The molecular weight excluding hydrogens is 258 g/mol. The van der Waals surface area contributed by atoms with Crippen LogP contribution in [0.15, 0.2) is 29.4 Å². The highest BCUT2D eigenvalue weighted by molar-refractivity contribution is 7.89. The molecule has 0 fully saturated rings. The molecule has 0 spiro atoms. The summed E-state index contributed by atoms with van der Waals surface area (Å²) in [6.45, 7) is 2.39. The van der Waals surface area contributed by atoms with E-state index in [0.717, 1.165) is 11.3 Å². The van der Waals surface area contributed by atoms with E-state index in [1.54, 1.807) is 11.3 Å². The molecule has 0 aliphatic rings. The van der Waals surface area contributed by atoms with Gasteiger partial charge in [0, 0.05) is 22.5 Å². The summed E-state index contributed by atoms with van der Waals surface area (Å²) in [5.74, 6) is 0. The summed E-state index contributed by atoms with van der Waals surface area (Å²) in [6.07, 6.45) is 3.61. The van der Waals surface area contributed by atoms with Crippen molar-refractivity contribution in [1.82, 2.24) is 14.9 Å². The van der Waals surface area contributed by atoms with Gasteiger partial charge >= 0.3 is 0 Å². The van der Waals surface area contributed by atoms with E-state index in [9.17, 15) is 8.42 Å². The molecule has 0 atom stereocenters. The Kier molecular flexibility index (Phi) is 3.60. The first kappa shape index (κ1) is 12.3. The van der Waals surface area contributed by atoms with Gasteiger partial charge in [-0.25, -0.2) is 13.1 Å². The molecule has 0 saturated heterocycles. The van der Waals surface area contributed by atoms with Crippen molar-refractivity contribution in [3.63, 3.8) is 0 Å². The number of aryl methyl sites for hydroxylation is 1. The molecule has 2 rings (SSSR count). The summed E-state index contributed by atoms with van der Waals surface area (Å²) in [6, 6.07) is 3.97. The van der Waals surface area contributed by atoms with Crippen molar-refractivity contribution < 1.29 is 8.42 Å². The van der Waals surface area contributed by atoms with Crippen LogP contribution in [-0.4, -0.2) is 18.6 Å². The number of hydrogen-bond donors (Lipinski definition) is 2. The first-order valence-electron chi connectivity index (χ1n) is 5.18. The molecule has 2 heterocycles. The number of rotatable bonds is 5. The minimum absolute atomic E-state index is 0.157. The Hall–Kier alpha value is -1.18. The third-order valence-corrected chi connectivity index (χ3v) is 4.88. The molecule has 0 bridgehead atoms. The van der Waals surface area contributed by atoms with Crippen LogP contribution in [0.3, 0.4) is 0 Å². The van der Waals surface area contributed by atoms with Crippen LogP contribution in [0.25, 0.3) is 0 Å². The van der Waals surface area contributed by atoms with E-state index >= 15 is 0 Å². The minimum Gasteiger partial charge on any atom is -0.284 e. The topological polar surface area (TPSA) is 74.8 Å². The van der Waals surface area contributed by atoms with Crippen molar-refractivity contribution in [2.75, 3.05) is 0 Å². The maximum absolute atomic E-state index is 11.8. The Morgan fingerprint density at radius 1 is 1.41 bits per heavy atom. The second-order valence-corrected chi connectivity index (χ2v) is 6.50. The normalized spacial score (nSPS) is 11.8. The zero-order chi connectivity index (χ0) is 12.3. The highest BCUT2D eigenvalue weighted by atomic mass is 32.2. The van der Waals surface area contributed by atoms with Gasteiger partial charge in [0.25, 0.3) is 0 Å².